The van der Waals surface area contributed by atoms with Crippen LogP contribution in [0.5, 0.6) is 0 Å². The zero-order chi connectivity index (χ0) is 22.3. The van der Waals surface area contributed by atoms with Gasteiger partial charge in [0.15, 0.2) is 5.78 Å². The minimum atomic E-state index is 0.219. The minimum absolute atomic E-state index is 0.219. The van der Waals surface area contributed by atoms with Crippen LogP contribution in [0.4, 0.5) is 5.82 Å². The van der Waals surface area contributed by atoms with Crippen LogP contribution in [0, 0.1) is 0 Å². The van der Waals surface area contributed by atoms with E-state index < -0.39 is 0 Å². The fraction of sp³-hybridized carbons (Fsp3) is 0.333. The Hall–Kier alpha value is -2.69. The van der Waals surface area contributed by atoms with Gasteiger partial charge in [0.05, 0.1) is 0 Å². The number of hydrogen-bond donors (Lipinski definition) is 1. The number of unbranched alkanes of at least 4 members (excludes halogenated alkanes) is 1. The van der Waals surface area contributed by atoms with Gasteiger partial charge in [-0.2, -0.15) is 0 Å². The van der Waals surface area contributed by atoms with Crippen LogP contribution in [0.1, 0.15) is 60.0 Å². The van der Waals surface area contributed by atoms with Gasteiger partial charge in [-0.05, 0) is 68.4 Å². The van der Waals surface area contributed by atoms with Crippen LogP contribution in [0.3, 0.4) is 0 Å². The Labute approximate surface area is 195 Å². The molecule has 0 unspecified atom stereocenters. The Balaban J connectivity index is 1.35. The normalized spacial score (nSPS) is 14.9. The monoisotopic (exact) mass is 447 g/mol. The maximum atomic E-state index is 12.5. The summed E-state index contributed by atoms with van der Waals surface area (Å²) in [6.07, 6.45) is 12.4. The number of pyridine rings is 1. The summed E-state index contributed by atoms with van der Waals surface area (Å²) in [6, 6.07) is 13.5. The topological polar surface area (TPSA) is 59.2 Å². The van der Waals surface area contributed by atoms with Crippen LogP contribution >= 0.6 is 11.6 Å². The lowest BCUT2D eigenvalue weighted by Crippen LogP contribution is -2.30. The molecule has 166 valence electrons. The molecule has 0 atom stereocenters. The van der Waals surface area contributed by atoms with Crippen molar-refractivity contribution in [2.75, 3.05) is 25.4 Å². The number of halogens is 1. The first kappa shape index (κ1) is 22.5. The molecular formula is C27H30ClN3O. The van der Waals surface area contributed by atoms with Crippen molar-refractivity contribution >= 4 is 46.1 Å². The van der Waals surface area contributed by atoms with Gasteiger partial charge in [0.25, 0.3) is 0 Å². The largest absolute Gasteiger partial charge is 0.383 e. The van der Waals surface area contributed by atoms with E-state index in [4.69, 9.17) is 17.3 Å². The van der Waals surface area contributed by atoms with E-state index >= 15 is 0 Å². The Morgan fingerprint density at radius 1 is 1.03 bits per heavy atom. The Kier molecular flexibility index (Phi) is 7.56. The second-order valence-electron chi connectivity index (χ2n) is 8.53. The second-order valence-corrected chi connectivity index (χ2v) is 8.96. The molecule has 0 saturated carbocycles. The molecule has 1 fully saturated rings. The molecule has 32 heavy (non-hydrogen) atoms. The molecule has 1 aliphatic heterocycles. The lowest BCUT2D eigenvalue weighted by molar-refractivity contribution is 0.0977. The predicted octanol–water partition coefficient (Wildman–Crippen LogP) is 6.48. The number of aromatic nitrogens is 1. The molecule has 1 aromatic heterocycles. The van der Waals surface area contributed by atoms with E-state index in [0.29, 0.717) is 17.3 Å². The number of carbonyl (C=O) groups excluding carboxylic acids is 1. The number of ketones is 1. The number of carbonyl (C=O) groups is 1. The quantitative estimate of drug-likeness (QED) is 0.317. The highest BCUT2D eigenvalue weighted by molar-refractivity contribution is 6.31. The molecule has 0 aliphatic carbocycles. The first-order chi connectivity index (χ1) is 15.6. The van der Waals surface area contributed by atoms with Gasteiger partial charge >= 0.3 is 0 Å². The third kappa shape index (κ3) is 5.76. The standard InChI is InChI=1S/C27H30ClN3O/c28-23-13-12-22-19-30-27(29)24(25(22)18-23)14-9-20-7-10-21(11-8-20)26(32)6-2-5-17-31-15-3-1-4-16-31/h7-14,18-19H,1-6,15-17H2,(H2,29,30)/b14-9+. The van der Waals surface area contributed by atoms with Crippen molar-refractivity contribution in [1.29, 1.82) is 0 Å². The number of benzene rings is 2. The molecule has 0 bridgehead atoms. The number of nitrogens with two attached hydrogens (primary N) is 1. The molecule has 0 spiro atoms. The van der Waals surface area contributed by atoms with Crippen molar-refractivity contribution in [2.24, 2.45) is 0 Å². The number of nitrogens with zero attached hydrogens (tertiary/aromatic N) is 2. The van der Waals surface area contributed by atoms with Gasteiger partial charge in [-0.1, -0.05) is 60.5 Å². The molecule has 0 amide bonds. The van der Waals surface area contributed by atoms with Crippen LogP contribution in [-0.4, -0.2) is 35.3 Å². The number of fused-ring (bicyclic) bond motifs is 1. The molecule has 2 N–H and O–H groups in total. The summed E-state index contributed by atoms with van der Waals surface area (Å²) in [4.78, 5) is 19.4. The van der Waals surface area contributed by atoms with Gasteiger partial charge in [0.1, 0.15) is 5.82 Å². The zero-order valence-corrected chi connectivity index (χ0v) is 19.2. The summed E-state index contributed by atoms with van der Waals surface area (Å²) in [6.45, 7) is 3.56. The second kappa shape index (κ2) is 10.8. The molecule has 1 aliphatic rings. The summed E-state index contributed by atoms with van der Waals surface area (Å²) in [5.74, 6) is 0.684. The first-order valence-corrected chi connectivity index (χ1v) is 11.9. The van der Waals surface area contributed by atoms with Crippen LogP contribution in [0.15, 0.2) is 48.7 Å². The van der Waals surface area contributed by atoms with E-state index in [9.17, 15) is 4.79 Å². The summed E-state index contributed by atoms with van der Waals surface area (Å²) >= 11 is 6.17. The number of rotatable bonds is 8. The van der Waals surface area contributed by atoms with Crippen molar-refractivity contribution in [3.63, 3.8) is 0 Å². The summed E-state index contributed by atoms with van der Waals surface area (Å²) in [5, 5.41) is 2.62. The average molecular weight is 448 g/mol. The summed E-state index contributed by atoms with van der Waals surface area (Å²) in [5.41, 5.74) is 8.74. The molecule has 3 aromatic rings. The SMILES string of the molecule is Nc1ncc2ccc(Cl)cc2c1/C=C/c1ccc(C(=O)CCCCN2CCCCC2)cc1. The highest BCUT2D eigenvalue weighted by atomic mass is 35.5. The number of anilines is 1. The highest BCUT2D eigenvalue weighted by Crippen LogP contribution is 2.27. The zero-order valence-electron chi connectivity index (χ0n) is 18.4. The molecule has 2 heterocycles. The van der Waals surface area contributed by atoms with Crippen LogP contribution in [0.2, 0.25) is 5.02 Å². The van der Waals surface area contributed by atoms with Crippen molar-refractivity contribution < 1.29 is 4.79 Å². The Bertz CT molecular complexity index is 1100. The molecule has 0 radical (unpaired) electrons. The van der Waals surface area contributed by atoms with Gasteiger partial charge in [0.2, 0.25) is 0 Å². The maximum absolute atomic E-state index is 12.5. The number of hydrogen-bond acceptors (Lipinski definition) is 4. The van der Waals surface area contributed by atoms with Crippen molar-refractivity contribution in [1.82, 2.24) is 9.88 Å². The van der Waals surface area contributed by atoms with E-state index in [1.54, 1.807) is 6.20 Å². The van der Waals surface area contributed by atoms with E-state index in [1.165, 1.54) is 32.4 Å². The fourth-order valence-electron chi connectivity index (χ4n) is 4.30. The van der Waals surface area contributed by atoms with E-state index in [2.05, 4.69) is 9.88 Å². The van der Waals surface area contributed by atoms with Gasteiger partial charge in [-0.3, -0.25) is 4.79 Å². The molecule has 5 heteroatoms. The van der Waals surface area contributed by atoms with Crippen LogP contribution in [0.25, 0.3) is 22.9 Å². The average Bonchev–Trinajstić information content (AvgIpc) is 2.82. The molecular weight excluding hydrogens is 418 g/mol. The third-order valence-electron chi connectivity index (χ3n) is 6.18. The third-order valence-corrected chi connectivity index (χ3v) is 6.41. The van der Waals surface area contributed by atoms with Gasteiger partial charge in [-0.15, -0.1) is 0 Å². The van der Waals surface area contributed by atoms with Crippen LogP contribution < -0.4 is 5.73 Å². The number of piperidine rings is 1. The summed E-state index contributed by atoms with van der Waals surface area (Å²) in [7, 11) is 0. The lowest BCUT2D eigenvalue weighted by atomic mass is 10.0. The van der Waals surface area contributed by atoms with Crippen molar-refractivity contribution in [2.45, 2.75) is 38.5 Å². The Morgan fingerprint density at radius 3 is 2.59 bits per heavy atom. The smallest absolute Gasteiger partial charge is 0.162 e. The van der Waals surface area contributed by atoms with Gasteiger partial charge < -0.3 is 10.6 Å². The van der Waals surface area contributed by atoms with Crippen molar-refractivity contribution in [3.8, 4) is 0 Å². The Morgan fingerprint density at radius 2 is 1.81 bits per heavy atom. The fourth-order valence-corrected chi connectivity index (χ4v) is 4.48. The first-order valence-electron chi connectivity index (χ1n) is 11.5. The van der Waals surface area contributed by atoms with Gasteiger partial charge in [-0.25, -0.2) is 4.98 Å². The summed E-state index contributed by atoms with van der Waals surface area (Å²) < 4.78 is 0. The predicted molar refractivity (Wildman–Crippen MR) is 135 cm³/mol. The molecule has 1 saturated heterocycles. The van der Waals surface area contributed by atoms with Gasteiger partial charge in [0, 0.05) is 34.2 Å². The number of Topliss-reactive ketones (excluding diaryl/α,β-unsaturated/α-hetero) is 1. The number of nitrogen functional groups attached to an aromatic ring is 1. The van der Waals surface area contributed by atoms with E-state index in [1.807, 2.05) is 54.6 Å². The van der Waals surface area contributed by atoms with Crippen LogP contribution in [-0.2, 0) is 0 Å². The van der Waals surface area contributed by atoms with E-state index in [-0.39, 0.29) is 5.78 Å². The van der Waals surface area contributed by atoms with E-state index in [0.717, 1.165) is 46.8 Å². The molecule has 2 aromatic carbocycles. The van der Waals surface area contributed by atoms with Crippen molar-refractivity contribution in [3.05, 3.63) is 70.4 Å². The maximum Gasteiger partial charge on any atom is 0.162 e. The number of likely N-dealkylation sites (tertiary alicyclic amines) is 1. The highest BCUT2D eigenvalue weighted by Gasteiger charge is 2.10. The lowest BCUT2D eigenvalue weighted by Gasteiger charge is -2.26. The molecule has 4 nitrogen and oxygen atoms in total. The molecule has 4 rings (SSSR count). The minimum Gasteiger partial charge on any atom is -0.383 e.